The standard InChI is InChI=1S/C18H19N3OS.2ClH/c19-15-11-21(10-14(15)13-5-2-1-3-6-13)12-18-20-9-16(22-18)17-7-4-8-23-17;;/h1-9,14-15H,10-12,19H2;2*1H/t14-,15+;;/m0../s1. The lowest BCUT2D eigenvalue weighted by molar-refractivity contribution is 0.287. The Hall–Kier alpha value is -1.37. The summed E-state index contributed by atoms with van der Waals surface area (Å²) in [5, 5.41) is 2.04. The first kappa shape index (κ1) is 19.9. The molecule has 25 heavy (non-hydrogen) atoms. The zero-order chi connectivity index (χ0) is 15.6. The van der Waals surface area contributed by atoms with Crippen LogP contribution in [0.1, 0.15) is 17.4 Å². The molecule has 2 N–H and O–H groups in total. The van der Waals surface area contributed by atoms with E-state index in [1.54, 1.807) is 11.3 Å². The van der Waals surface area contributed by atoms with Gasteiger partial charge >= 0.3 is 0 Å². The van der Waals surface area contributed by atoms with Gasteiger partial charge in [0.25, 0.3) is 0 Å². The third-order valence-corrected chi connectivity index (χ3v) is 5.23. The average Bonchev–Trinajstić information content (AvgIpc) is 3.29. The third kappa shape index (κ3) is 4.43. The Balaban J connectivity index is 0.00000113. The smallest absolute Gasteiger partial charge is 0.209 e. The van der Waals surface area contributed by atoms with Crippen LogP contribution in [0.15, 0.2) is 58.5 Å². The molecule has 1 saturated heterocycles. The lowest BCUT2D eigenvalue weighted by atomic mass is 9.95. The number of likely N-dealkylation sites (tertiary alicyclic amines) is 1. The highest BCUT2D eigenvalue weighted by molar-refractivity contribution is 7.13. The van der Waals surface area contributed by atoms with Crippen molar-refractivity contribution < 1.29 is 4.42 Å². The maximum atomic E-state index is 6.35. The summed E-state index contributed by atoms with van der Waals surface area (Å²) < 4.78 is 5.88. The predicted octanol–water partition coefficient (Wildman–Crippen LogP) is 4.17. The number of benzene rings is 1. The normalized spacial score (nSPS) is 20.0. The van der Waals surface area contributed by atoms with E-state index in [4.69, 9.17) is 10.2 Å². The fraction of sp³-hybridized carbons (Fsp3) is 0.278. The third-order valence-electron chi connectivity index (χ3n) is 4.34. The molecule has 0 saturated carbocycles. The maximum absolute atomic E-state index is 6.35. The summed E-state index contributed by atoms with van der Waals surface area (Å²) in [7, 11) is 0. The van der Waals surface area contributed by atoms with Gasteiger partial charge in [0.1, 0.15) is 0 Å². The van der Waals surface area contributed by atoms with Gasteiger partial charge in [-0.3, -0.25) is 4.90 Å². The Morgan fingerprint density at radius 3 is 2.64 bits per heavy atom. The Labute approximate surface area is 163 Å². The molecule has 1 aromatic carbocycles. The maximum Gasteiger partial charge on any atom is 0.209 e. The second-order valence-corrected chi connectivity index (χ2v) is 6.92. The highest BCUT2D eigenvalue weighted by atomic mass is 35.5. The van der Waals surface area contributed by atoms with E-state index < -0.39 is 0 Å². The summed E-state index contributed by atoms with van der Waals surface area (Å²) in [5.41, 5.74) is 7.66. The fourth-order valence-corrected chi connectivity index (χ4v) is 3.87. The lowest BCUT2D eigenvalue weighted by Crippen LogP contribution is -2.28. The van der Waals surface area contributed by atoms with Gasteiger partial charge in [-0.05, 0) is 17.0 Å². The number of thiophene rings is 1. The van der Waals surface area contributed by atoms with Crippen LogP contribution in [-0.2, 0) is 6.54 Å². The van der Waals surface area contributed by atoms with Crippen LogP contribution in [0.2, 0.25) is 0 Å². The average molecular weight is 398 g/mol. The Kier molecular flexibility index (Phi) is 7.04. The summed E-state index contributed by atoms with van der Waals surface area (Å²) >= 11 is 1.66. The minimum atomic E-state index is 0. The molecule has 1 aliphatic heterocycles. The van der Waals surface area contributed by atoms with Gasteiger partial charge in [0, 0.05) is 25.0 Å². The summed E-state index contributed by atoms with van der Waals surface area (Å²) in [6.07, 6.45) is 1.81. The summed E-state index contributed by atoms with van der Waals surface area (Å²) in [4.78, 5) is 7.86. The molecule has 3 heterocycles. The summed E-state index contributed by atoms with van der Waals surface area (Å²) in [6.45, 7) is 2.53. The van der Waals surface area contributed by atoms with Crippen LogP contribution in [0.5, 0.6) is 0 Å². The minimum absolute atomic E-state index is 0. The monoisotopic (exact) mass is 397 g/mol. The van der Waals surface area contributed by atoms with Crippen LogP contribution in [-0.4, -0.2) is 29.0 Å². The first-order valence-electron chi connectivity index (χ1n) is 7.81. The molecule has 4 nitrogen and oxygen atoms in total. The van der Waals surface area contributed by atoms with Gasteiger partial charge in [0.2, 0.25) is 5.89 Å². The van der Waals surface area contributed by atoms with Crippen LogP contribution in [0.25, 0.3) is 10.6 Å². The van der Waals surface area contributed by atoms with E-state index in [2.05, 4.69) is 34.1 Å². The van der Waals surface area contributed by atoms with Crippen molar-refractivity contribution in [3.05, 3.63) is 65.5 Å². The largest absolute Gasteiger partial charge is 0.438 e. The number of rotatable bonds is 4. The molecule has 0 aliphatic carbocycles. The zero-order valence-corrected chi connectivity index (χ0v) is 16.0. The molecule has 4 rings (SSSR count). The molecule has 1 aliphatic rings. The van der Waals surface area contributed by atoms with Crippen LogP contribution in [0, 0.1) is 0 Å². The van der Waals surface area contributed by atoms with E-state index >= 15 is 0 Å². The van der Waals surface area contributed by atoms with Crippen LogP contribution in [0.4, 0.5) is 0 Å². The number of oxazole rings is 1. The fourth-order valence-electron chi connectivity index (χ4n) is 3.20. The lowest BCUT2D eigenvalue weighted by Gasteiger charge is -2.14. The molecular formula is C18H21Cl2N3OS. The van der Waals surface area contributed by atoms with Crippen molar-refractivity contribution in [1.29, 1.82) is 0 Å². The van der Waals surface area contributed by atoms with E-state index in [-0.39, 0.29) is 30.9 Å². The Morgan fingerprint density at radius 2 is 1.92 bits per heavy atom. The molecule has 7 heteroatoms. The van der Waals surface area contributed by atoms with E-state index in [1.165, 1.54) is 5.56 Å². The molecule has 2 atom stereocenters. The number of halogens is 2. The Bertz CT molecular complexity index is 764. The molecule has 0 bridgehead atoms. The van der Waals surface area contributed by atoms with E-state index in [1.807, 2.05) is 29.8 Å². The molecular weight excluding hydrogens is 377 g/mol. The number of hydrogen-bond donors (Lipinski definition) is 1. The van der Waals surface area contributed by atoms with Gasteiger partial charge in [-0.2, -0.15) is 0 Å². The van der Waals surface area contributed by atoms with Crippen molar-refractivity contribution >= 4 is 36.2 Å². The van der Waals surface area contributed by atoms with Crippen LogP contribution >= 0.6 is 36.2 Å². The molecule has 0 amide bonds. The van der Waals surface area contributed by atoms with Gasteiger partial charge in [0.05, 0.1) is 17.6 Å². The van der Waals surface area contributed by atoms with Gasteiger partial charge in [-0.25, -0.2) is 4.98 Å². The minimum Gasteiger partial charge on any atom is -0.438 e. The van der Waals surface area contributed by atoms with Gasteiger partial charge in [0.15, 0.2) is 5.76 Å². The molecule has 0 unspecified atom stereocenters. The molecule has 0 spiro atoms. The van der Waals surface area contributed by atoms with E-state index in [0.29, 0.717) is 12.5 Å². The second-order valence-electron chi connectivity index (χ2n) is 5.97. The van der Waals surface area contributed by atoms with E-state index in [0.717, 1.165) is 29.6 Å². The number of nitrogens with two attached hydrogens (primary N) is 1. The molecule has 0 radical (unpaired) electrons. The predicted molar refractivity (Wildman–Crippen MR) is 107 cm³/mol. The van der Waals surface area contributed by atoms with Crippen LogP contribution in [0.3, 0.4) is 0 Å². The van der Waals surface area contributed by atoms with Crippen molar-refractivity contribution in [2.24, 2.45) is 5.73 Å². The first-order chi connectivity index (χ1) is 11.3. The zero-order valence-electron chi connectivity index (χ0n) is 13.6. The van der Waals surface area contributed by atoms with Gasteiger partial charge in [-0.1, -0.05) is 36.4 Å². The van der Waals surface area contributed by atoms with Crippen molar-refractivity contribution in [1.82, 2.24) is 9.88 Å². The van der Waals surface area contributed by atoms with Crippen molar-refractivity contribution in [3.63, 3.8) is 0 Å². The summed E-state index contributed by atoms with van der Waals surface area (Å²) in [6, 6.07) is 14.7. The van der Waals surface area contributed by atoms with Gasteiger partial charge in [-0.15, -0.1) is 36.2 Å². The summed E-state index contributed by atoms with van der Waals surface area (Å²) in [5.74, 6) is 1.98. The van der Waals surface area contributed by atoms with Crippen LogP contribution < -0.4 is 5.73 Å². The number of aromatic nitrogens is 1. The molecule has 1 fully saturated rings. The number of hydrogen-bond acceptors (Lipinski definition) is 5. The topological polar surface area (TPSA) is 55.3 Å². The highest BCUT2D eigenvalue weighted by Crippen LogP contribution is 2.29. The SMILES string of the molecule is Cl.Cl.N[C@@H]1CN(Cc2ncc(-c3cccs3)o2)C[C@H]1c1ccccc1. The molecule has 3 aromatic rings. The molecule has 134 valence electrons. The first-order valence-corrected chi connectivity index (χ1v) is 8.69. The van der Waals surface area contributed by atoms with E-state index in [9.17, 15) is 0 Å². The second kappa shape index (κ2) is 8.83. The van der Waals surface area contributed by atoms with Crippen molar-refractivity contribution in [2.45, 2.75) is 18.5 Å². The highest BCUT2D eigenvalue weighted by Gasteiger charge is 2.31. The van der Waals surface area contributed by atoms with Crippen molar-refractivity contribution in [3.8, 4) is 10.6 Å². The quantitative estimate of drug-likeness (QED) is 0.717. The van der Waals surface area contributed by atoms with Gasteiger partial charge < -0.3 is 10.2 Å². The Morgan fingerprint density at radius 1 is 1.12 bits per heavy atom. The van der Waals surface area contributed by atoms with Crippen molar-refractivity contribution in [2.75, 3.05) is 13.1 Å². The number of nitrogens with zero attached hydrogens (tertiary/aromatic N) is 2. The molecule has 2 aromatic heterocycles.